The van der Waals surface area contributed by atoms with Gasteiger partial charge < -0.3 is 18.8 Å². The van der Waals surface area contributed by atoms with Gasteiger partial charge in [-0.25, -0.2) is 9.37 Å². The summed E-state index contributed by atoms with van der Waals surface area (Å²) in [7, 11) is 1.71. The van der Waals surface area contributed by atoms with E-state index in [0.29, 0.717) is 29.5 Å². The molecule has 0 N–H and O–H groups in total. The molecular weight excluding hydrogens is 514 g/mol. The molecule has 2 heterocycles. The maximum absolute atomic E-state index is 15.1. The van der Waals surface area contributed by atoms with E-state index in [1.165, 1.54) is 0 Å². The van der Waals surface area contributed by atoms with E-state index in [4.69, 9.17) is 25.8 Å². The second-order valence-corrected chi connectivity index (χ2v) is 9.32. The first-order valence-electron chi connectivity index (χ1n) is 12.0. The van der Waals surface area contributed by atoms with Crippen molar-refractivity contribution in [3.05, 3.63) is 101 Å². The van der Waals surface area contributed by atoms with Gasteiger partial charge in [-0.1, -0.05) is 41.9 Å². The zero-order valence-corrected chi connectivity index (χ0v) is 22.3. The summed E-state index contributed by atoms with van der Waals surface area (Å²) in [5.41, 5.74) is 3.89. The van der Waals surface area contributed by atoms with Crippen LogP contribution < -0.4 is 4.74 Å². The average Bonchev–Trinajstić information content (AvgIpc) is 3.34. The lowest BCUT2D eigenvalue weighted by atomic mass is 9.96. The minimum absolute atomic E-state index is 0. The van der Waals surface area contributed by atoms with Crippen molar-refractivity contribution in [3.8, 4) is 22.6 Å². The third-order valence-electron chi connectivity index (χ3n) is 6.61. The molecule has 194 valence electrons. The van der Waals surface area contributed by atoms with Crippen molar-refractivity contribution in [2.75, 3.05) is 13.7 Å². The number of halogens is 3. The number of hydrogen-bond donors (Lipinski definition) is 0. The summed E-state index contributed by atoms with van der Waals surface area (Å²) < 4.78 is 34.4. The fraction of sp³-hybridized carbons (Fsp3) is 0.276. The molecule has 37 heavy (non-hydrogen) atoms. The van der Waals surface area contributed by atoms with Crippen LogP contribution in [-0.4, -0.2) is 29.4 Å². The topological polar surface area (TPSA) is 45.5 Å². The van der Waals surface area contributed by atoms with Crippen LogP contribution >= 0.6 is 24.0 Å². The van der Waals surface area contributed by atoms with E-state index in [9.17, 15) is 0 Å². The Hall–Kier alpha value is -2.90. The Labute approximate surface area is 227 Å². The van der Waals surface area contributed by atoms with E-state index in [1.54, 1.807) is 25.4 Å². The van der Waals surface area contributed by atoms with Crippen LogP contribution in [0.3, 0.4) is 0 Å². The molecule has 1 aliphatic heterocycles. The van der Waals surface area contributed by atoms with Crippen molar-refractivity contribution in [1.29, 1.82) is 0 Å². The standard InChI is InChI=1S/C29H28ClFN2O3.ClH/c1-19-32-11-12-33(19)23-8-6-22(27(30)16-23)18-36-25-5-3-4-20(14-25)26-9-7-21(15-28(26)31)29-17-24(34-2)10-13-35-29;/h3-9,11-12,14-16,24,29H,10,13,17-18H2,1-2H3;1H. The predicted molar refractivity (Wildman–Crippen MR) is 145 cm³/mol. The van der Waals surface area contributed by atoms with Crippen LogP contribution in [0.4, 0.5) is 4.39 Å². The van der Waals surface area contributed by atoms with Crippen molar-refractivity contribution in [3.63, 3.8) is 0 Å². The Bertz CT molecular complexity index is 1360. The first-order valence-corrected chi connectivity index (χ1v) is 12.4. The Morgan fingerprint density at radius 2 is 2.00 bits per heavy atom. The predicted octanol–water partition coefficient (Wildman–Crippen LogP) is 7.51. The fourth-order valence-electron chi connectivity index (χ4n) is 4.55. The summed E-state index contributed by atoms with van der Waals surface area (Å²) in [5.74, 6) is 1.24. The van der Waals surface area contributed by atoms with Gasteiger partial charge in [0, 0.05) is 54.4 Å². The zero-order valence-electron chi connectivity index (χ0n) is 20.7. The van der Waals surface area contributed by atoms with Gasteiger partial charge in [-0.3, -0.25) is 0 Å². The molecule has 1 aliphatic rings. The molecule has 1 fully saturated rings. The Morgan fingerprint density at radius 1 is 1.14 bits per heavy atom. The second-order valence-electron chi connectivity index (χ2n) is 8.92. The monoisotopic (exact) mass is 542 g/mol. The molecule has 1 aromatic heterocycles. The first kappa shape index (κ1) is 27.1. The highest BCUT2D eigenvalue weighted by atomic mass is 35.5. The molecule has 0 aliphatic carbocycles. The third kappa shape index (κ3) is 6.16. The van der Waals surface area contributed by atoms with Gasteiger partial charge in [0.2, 0.25) is 0 Å². The number of rotatable bonds is 7. The molecule has 8 heteroatoms. The van der Waals surface area contributed by atoms with Crippen LogP contribution in [0.1, 0.15) is 35.9 Å². The highest BCUT2D eigenvalue weighted by molar-refractivity contribution is 6.31. The van der Waals surface area contributed by atoms with E-state index in [2.05, 4.69) is 4.98 Å². The van der Waals surface area contributed by atoms with Gasteiger partial charge in [0.25, 0.3) is 0 Å². The minimum Gasteiger partial charge on any atom is -0.489 e. The number of ether oxygens (including phenoxy) is 3. The molecular formula is C29H29Cl2FN2O3. The molecule has 5 rings (SSSR count). The summed E-state index contributed by atoms with van der Waals surface area (Å²) in [6.07, 6.45) is 5.22. The van der Waals surface area contributed by atoms with E-state index in [0.717, 1.165) is 41.0 Å². The molecule has 0 bridgehead atoms. The van der Waals surface area contributed by atoms with Crippen LogP contribution in [0.5, 0.6) is 5.75 Å². The number of methoxy groups -OCH3 is 1. The Balaban J connectivity index is 0.00000320. The highest BCUT2D eigenvalue weighted by Gasteiger charge is 2.24. The molecule has 3 aromatic carbocycles. The third-order valence-corrected chi connectivity index (χ3v) is 6.97. The first-order chi connectivity index (χ1) is 17.5. The lowest BCUT2D eigenvalue weighted by Gasteiger charge is -2.29. The lowest BCUT2D eigenvalue weighted by Crippen LogP contribution is -2.25. The van der Waals surface area contributed by atoms with Gasteiger partial charge in [0.1, 0.15) is 24.0 Å². The van der Waals surface area contributed by atoms with Gasteiger partial charge in [0.15, 0.2) is 0 Å². The molecule has 0 saturated carbocycles. The average molecular weight is 543 g/mol. The van der Waals surface area contributed by atoms with E-state index < -0.39 is 0 Å². The number of aryl methyl sites for hydroxylation is 1. The van der Waals surface area contributed by atoms with Crippen molar-refractivity contribution in [2.45, 2.75) is 38.6 Å². The molecule has 2 atom stereocenters. The largest absolute Gasteiger partial charge is 0.489 e. The minimum atomic E-state index is -0.291. The second kappa shape index (κ2) is 12.1. The molecule has 5 nitrogen and oxygen atoms in total. The lowest BCUT2D eigenvalue weighted by molar-refractivity contribution is -0.0599. The van der Waals surface area contributed by atoms with Crippen molar-refractivity contribution in [2.24, 2.45) is 0 Å². The fourth-order valence-corrected chi connectivity index (χ4v) is 4.78. The van der Waals surface area contributed by atoms with Crippen molar-refractivity contribution < 1.29 is 18.6 Å². The van der Waals surface area contributed by atoms with E-state index in [-0.39, 0.29) is 30.4 Å². The number of imidazole rings is 1. The molecule has 0 radical (unpaired) electrons. The summed E-state index contributed by atoms with van der Waals surface area (Å²) in [6, 6.07) is 18.5. The van der Waals surface area contributed by atoms with Crippen LogP contribution in [-0.2, 0) is 16.1 Å². The Kier molecular flexibility index (Phi) is 8.87. The van der Waals surface area contributed by atoms with Gasteiger partial charge in [-0.15, -0.1) is 12.4 Å². The van der Waals surface area contributed by atoms with Crippen LogP contribution in [0.15, 0.2) is 73.1 Å². The molecule has 1 saturated heterocycles. The smallest absolute Gasteiger partial charge is 0.131 e. The van der Waals surface area contributed by atoms with Crippen LogP contribution in [0.25, 0.3) is 16.8 Å². The van der Waals surface area contributed by atoms with Gasteiger partial charge in [-0.2, -0.15) is 0 Å². The van der Waals surface area contributed by atoms with Gasteiger partial charge in [0.05, 0.1) is 12.2 Å². The van der Waals surface area contributed by atoms with E-state index >= 15 is 4.39 Å². The van der Waals surface area contributed by atoms with Crippen molar-refractivity contribution in [1.82, 2.24) is 9.55 Å². The summed E-state index contributed by atoms with van der Waals surface area (Å²) >= 11 is 6.53. The summed E-state index contributed by atoms with van der Waals surface area (Å²) in [5, 5.41) is 0.610. The molecule has 0 spiro atoms. The van der Waals surface area contributed by atoms with Crippen LogP contribution in [0.2, 0.25) is 5.02 Å². The quantitative estimate of drug-likeness (QED) is 0.242. The normalized spacial score (nSPS) is 17.3. The number of benzene rings is 3. The molecule has 4 aromatic rings. The SMILES string of the molecule is COC1CCOC(c2ccc(-c3cccc(OCc4ccc(-n5ccnc5C)cc4Cl)c3)c(F)c2)C1.Cl. The summed E-state index contributed by atoms with van der Waals surface area (Å²) in [4.78, 5) is 4.25. The van der Waals surface area contributed by atoms with E-state index in [1.807, 2.05) is 66.2 Å². The number of hydrogen-bond acceptors (Lipinski definition) is 4. The summed E-state index contributed by atoms with van der Waals surface area (Å²) in [6.45, 7) is 2.85. The maximum Gasteiger partial charge on any atom is 0.131 e. The van der Waals surface area contributed by atoms with Gasteiger partial charge in [-0.05, 0) is 54.8 Å². The van der Waals surface area contributed by atoms with Crippen molar-refractivity contribution >= 4 is 24.0 Å². The number of aromatic nitrogens is 2. The molecule has 2 unspecified atom stereocenters. The zero-order chi connectivity index (χ0) is 25.1. The Morgan fingerprint density at radius 3 is 2.73 bits per heavy atom. The van der Waals surface area contributed by atoms with Crippen LogP contribution in [0, 0.1) is 12.7 Å². The molecule has 0 amide bonds. The van der Waals surface area contributed by atoms with Gasteiger partial charge >= 0.3 is 0 Å². The highest BCUT2D eigenvalue weighted by Crippen LogP contribution is 2.33. The number of nitrogens with zero attached hydrogens (tertiary/aromatic N) is 2. The maximum atomic E-state index is 15.1.